The summed E-state index contributed by atoms with van der Waals surface area (Å²) in [4.78, 5) is 33.8. The minimum absolute atomic E-state index is 0.0470. The van der Waals surface area contributed by atoms with E-state index in [-0.39, 0.29) is 36.6 Å². The van der Waals surface area contributed by atoms with E-state index in [1.54, 1.807) is 35.3 Å². The number of fused-ring (bicyclic) bond motifs is 1. The van der Waals surface area contributed by atoms with Crippen molar-refractivity contribution in [3.8, 4) is 11.5 Å². The van der Waals surface area contributed by atoms with Crippen molar-refractivity contribution in [2.24, 2.45) is 0 Å². The molecular formula is C26H29N5O4. The fourth-order valence-electron chi connectivity index (χ4n) is 3.68. The van der Waals surface area contributed by atoms with Crippen molar-refractivity contribution in [2.45, 2.75) is 46.3 Å². The van der Waals surface area contributed by atoms with Crippen molar-refractivity contribution in [3.05, 3.63) is 82.5 Å². The summed E-state index contributed by atoms with van der Waals surface area (Å²) in [5.74, 6) is 1.43. The number of amides is 1. The summed E-state index contributed by atoms with van der Waals surface area (Å²) in [6.45, 7) is 7.99. The fraction of sp³-hybridized carbons (Fsp3) is 0.308. The Kier molecular flexibility index (Phi) is 7.14. The highest BCUT2D eigenvalue weighted by Gasteiger charge is 2.13. The number of para-hydroxylation sites is 3. The smallest absolute Gasteiger partial charge is 0.274 e. The van der Waals surface area contributed by atoms with E-state index >= 15 is 0 Å². The van der Waals surface area contributed by atoms with Crippen molar-refractivity contribution < 1.29 is 14.3 Å². The number of benzene rings is 2. The highest BCUT2D eigenvalue weighted by Crippen LogP contribution is 2.27. The minimum Gasteiger partial charge on any atom is -0.485 e. The first-order valence-corrected chi connectivity index (χ1v) is 11.5. The van der Waals surface area contributed by atoms with Crippen LogP contribution in [0.15, 0.2) is 65.7 Å². The molecule has 4 rings (SSSR count). The average molecular weight is 476 g/mol. The van der Waals surface area contributed by atoms with Crippen LogP contribution >= 0.6 is 0 Å². The number of hydrogen-bond donors (Lipinski definition) is 1. The molecule has 9 heteroatoms. The Bertz CT molecular complexity index is 1390. The van der Waals surface area contributed by atoms with E-state index in [0.29, 0.717) is 28.7 Å². The van der Waals surface area contributed by atoms with Crippen LogP contribution in [0.25, 0.3) is 5.78 Å². The molecule has 0 aliphatic heterocycles. The maximum atomic E-state index is 12.6. The molecule has 0 aliphatic rings. The average Bonchev–Trinajstić information content (AvgIpc) is 3.27. The van der Waals surface area contributed by atoms with Crippen LogP contribution < -0.4 is 20.3 Å². The van der Waals surface area contributed by atoms with Gasteiger partial charge in [-0.3, -0.25) is 14.3 Å². The second-order valence-electron chi connectivity index (χ2n) is 8.73. The van der Waals surface area contributed by atoms with Gasteiger partial charge in [0.2, 0.25) is 0 Å². The first-order valence-electron chi connectivity index (χ1n) is 11.5. The SMILES string of the molecule is CC(C)c1ccccc1OCC(=O)Nc1ccccc1OCc1cc(=O)n2c(ncn2C(C)C)n1. The van der Waals surface area contributed by atoms with Gasteiger partial charge in [0, 0.05) is 12.1 Å². The number of rotatable bonds is 9. The molecule has 0 spiro atoms. The Hall–Kier alpha value is -4.14. The Morgan fingerprint density at radius 1 is 1.00 bits per heavy atom. The summed E-state index contributed by atoms with van der Waals surface area (Å²) < 4.78 is 14.8. The molecule has 1 amide bonds. The molecule has 0 unspecified atom stereocenters. The molecule has 0 radical (unpaired) electrons. The van der Waals surface area contributed by atoms with E-state index in [4.69, 9.17) is 9.47 Å². The molecule has 2 aromatic heterocycles. The zero-order chi connectivity index (χ0) is 24.9. The van der Waals surface area contributed by atoms with E-state index in [0.717, 1.165) is 5.56 Å². The molecule has 2 heterocycles. The number of carbonyl (C=O) groups is 1. The molecule has 0 fully saturated rings. The molecule has 0 bridgehead atoms. The molecule has 9 nitrogen and oxygen atoms in total. The molecule has 4 aromatic rings. The molecule has 0 aliphatic carbocycles. The molecule has 2 aromatic carbocycles. The lowest BCUT2D eigenvalue weighted by molar-refractivity contribution is -0.118. The van der Waals surface area contributed by atoms with Gasteiger partial charge in [0.25, 0.3) is 17.2 Å². The lowest BCUT2D eigenvalue weighted by atomic mass is 10.0. The number of nitrogens with one attached hydrogen (secondary N) is 1. The first-order chi connectivity index (χ1) is 16.8. The van der Waals surface area contributed by atoms with Gasteiger partial charge in [0.05, 0.1) is 11.4 Å². The van der Waals surface area contributed by atoms with Gasteiger partial charge >= 0.3 is 0 Å². The fourth-order valence-corrected chi connectivity index (χ4v) is 3.68. The standard InChI is InChI=1S/C26H29N5O4/c1-17(2)20-9-5-7-11-22(20)35-15-24(32)29-21-10-6-8-12-23(21)34-14-19-13-25(33)31-26(28-19)27-16-30(31)18(3)4/h5-13,16-18H,14-15H2,1-4H3,(H,29,32). The highest BCUT2D eigenvalue weighted by molar-refractivity contribution is 5.93. The molecule has 0 saturated heterocycles. The summed E-state index contributed by atoms with van der Waals surface area (Å²) in [5, 5.41) is 2.83. The van der Waals surface area contributed by atoms with E-state index in [1.165, 1.54) is 10.6 Å². The van der Waals surface area contributed by atoms with Crippen LogP contribution in [0.4, 0.5) is 5.69 Å². The topological polar surface area (TPSA) is 99.7 Å². The van der Waals surface area contributed by atoms with Crippen molar-refractivity contribution in [2.75, 3.05) is 11.9 Å². The van der Waals surface area contributed by atoms with E-state index in [2.05, 4.69) is 29.1 Å². The summed E-state index contributed by atoms with van der Waals surface area (Å²) in [6.07, 6.45) is 1.59. The number of carbonyl (C=O) groups excluding carboxylic acids is 1. The van der Waals surface area contributed by atoms with Crippen LogP contribution in [-0.2, 0) is 11.4 Å². The maximum Gasteiger partial charge on any atom is 0.274 e. The van der Waals surface area contributed by atoms with Gasteiger partial charge in [-0.2, -0.15) is 9.50 Å². The van der Waals surface area contributed by atoms with Crippen LogP contribution in [0.1, 0.15) is 50.9 Å². The van der Waals surface area contributed by atoms with Crippen LogP contribution in [-0.4, -0.2) is 31.7 Å². The zero-order valence-corrected chi connectivity index (χ0v) is 20.3. The second-order valence-corrected chi connectivity index (χ2v) is 8.73. The predicted octanol–water partition coefficient (Wildman–Crippen LogP) is 4.19. The number of aromatic nitrogens is 4. The van der Waals surface area contributed by atoms with Crippen LogP contribution in [0.2, 0.25) is 0 Å². The van der Waals surface area contributed by atoms with Gasteiger partial charge in [-0.05, 0) is 43.5 Å². The Balaban J connectivity index is 1.42. The first kappa shape index (κ1) is 24.0. The van der Waals surface area contributed by atoms with Crippen LogP contribution in [0.5, 0.6) is 11.5 Å². The van der Waals surface area contributed by atoms with Gasteiger partial charge in [-0.15, -0.1) is 0 Å². The molecule has 1 N–H and O–H groups in total. The second kappa shape index (κ2) is 10.4. The summed E-state index contributed by atoms with van der Waals surface area (Å²) in [7, 11) is 0. The lowest BCUT2D eigenvalue weighted by Crippen LogP contribution is -2.23. The summed E-state index contributed by atoms with van der Waals surface area (Å²) in [6, 6.07) is 16.3. The molecule has 0 atom stereocenters. The number of ether oxygens (including phenoxy) is 2. The molecule has 182 valence electrons. The summed E-state index contributed by atoms with van der Waals surface area (Å²) in [5.41, 5.74) is 1.75. The van der Waals surface area contributed by atoms with Crippen molar-refractivity contribution in [1.82, 2.24) is 19.2 Å². The third-order valence-electron chi connectivity index (χ3n) is 5.42. The van der Waals surface area contributed by atoms with Crippen molar-refractivity contribution in [1.29, 1.82) is 0 Å². The molecule has 0 saturated carbocycles. The zero-order valence-electron chi connectivity index (χ0n) is 20.3. The largest absolute Gasteiger partial charge is 0.485 e. The number of nitrogens with zero attached hydrogens (tertiary/aromatic N) is 4. The Labute approximate surface area is 203 Å². The number of hydrogen-bond acceptors (Lipinski definition) is 6. The van der Waals surface area contributed by atoms with Crippen molar-refractivity contribution in [3.63, 3.8) is 0 Å². The van der Waals surface area contributed by atoms with E-state index in [9.17, 15) is 9.59 Å². The Morgan fingerprint density at radius 2 is 1.71 bits per heavy atom. The van der Waals surface area contributed by atoms with Crippen molar-refractivity contribution >= 4 is 17.4 Å². The third kappa shape index (κ3) is 5.51. The van der Waals surface area contributed by atoms with E-state index in [1.807, 2.05) is 38.1 Å². The minimum atomic E-state index is -0.309. The highest BCUT2D eigenvalue weighted by atomic mass is 16.5. The van der Waals surface area contributed by atoms with Crippen LogP contribution in [0, 0.1) is 0 Å². The van der Waals surface area contributed by atoms with Gasteiger partial charge in [-0.25, -0.2) is 4.98 Å². The monoisotopic (exact) mass is 475 g/mol. The summed E-state index contributed by atoms with van der Waals surface area (Å²) >= 11 is 0. The quantitative estimate of drug-likeness (QED) is 0.390. The van der Waals surface area contributed by atoms with Crippen LogP contribution in [0.3, 0.4) is 0 Å². The van der Waals surface area contributed by atoms with E-state index < -0.39 is 0 Å². The predicted molar refractivity (Wildman–Crippen MR) is 133 cm³/mol. The number of anilines is 1. The Morgan fingerprint density at radius 3 is 2.46 bits per heavy atom. The third-order valence-corrected chi connectivity index (χ3v) is 5.42. The normalized spacial score (nSPS) is 11.3. The van der Waals surface area contributed by atoms with Gasteiger partial charge in [-0.1, -0.05) is 44.2 Å². The molecular weight excluding hydrogens is 446 g/mol. The lowest BCUT2D eigenvalue weighted by Gasteiger charge is -2.15. The van der Waals surface area contributed by atoms with Gasteiger partial charge in [0.15, 0.2) is 6.61 Å². The van der Waals surface area contributed by atoms with Gasteiger partial charge < -0.3 is 14.8 Å². The molecule has 35 heavy (non-hydrogen) atoms. The maximum absolute atomic E-state index is 12.6. The van der Waals surface area contributed by atoms with Gasteiger partial charge in [0.1, 0.15) is 24.4 Å².